The SMILES string of the molecule is C[C@@H](Sc1nnc(CC(=O)Nc2ccc(F)cc2)n1C)C(=O)Nc1ccc2c(c1)OCO2. The fourth-order valence-corrected chi connectivity index (χ4v) is 3.75. The lowest BCUT2D eigenvalue weighted by Crippen LogP contribution is -2.23. The molecule has 2 amide bonds. The molecule has 1 atom stereocenters. The van der Waals surface area contributed by atoms with E-state index in [4.69, 9.17) is 9.47 Å². The third-order valence-electron chi connectivity index (χ3n) is 4.66. The molecule has 1 aliphatic heterocycles. The zero-order valence-electron chi connectivity index (χ0n) is 17.3. The first-order chi connectivity index (χ1) is 15.4. The zero-order valence-corrected chi connectivity index (χ0v) is 18.1. The van der Waals surface area contributed by atoms with Gasteiger partial charge in [0.2, 0.25) is 18.6 Å². The Bertz CT molecular complexity index is 1150. The first-order valence-corrected chi connectivity index (χ1v) is 10.6. The summed E-state index contributed by atoms with van der Waals surface area (Å²) < 4.78 is 25.2. The topological polar surface area (TPSA) is 107 Å². The molecule has 2 aromatic carbocycles. The minimum absolute atomic E-state index is 0.0147. The van der Waals surface area contributed by atoms with Gasteiger partial charge in [0.25, 0.3) is 0 Å². The average molecular weight is 457 g/mol. The number of nitrogens with zero attached hydrogens (tertiary/aromatic N) is 3. The summed E-state index contributed by atoms with van der Waals surface area (Å²) in [5.41, 5.74) is 1.09. The van der Waals surface area contributed by atoms with Gasteiger partial charge in [-0.2, -0.15) is 0 Å². The van der Waals surface area contributed by atoms with Gasteiger partial charge < -0.3 is 24.7 Å². The molecule has 0 saturated carbocycles. The van der Waals surface area contributed by atoms with Gasteiger partial charge in [-0.1, -0.05) is 11.8 Å². The molecule has 0 aliphatic carbocycles. The van der Waals surface area contributed by atoms with E-state index in [-0.39, 0.29) is 30.8 Å². The van der Waals surface area contributed by atoms with Crippen molar-refractivity contribution >= 4 is 35.0 Å². The monoisotopic (exact) mass is 457 g/mol. The summed E-state index contributed by atoms with van der Waals surface area (Å²) in [5, 5.41) is 13.7. The standard InChI is InChI=1S/C21H20FN5O4S/c1-12(20(29)24-15-7-8-16-17(9-15)31-11-30-16)32-21-26-25-18(27(21)2)10-19(28)23-14-5-3-13(22)4-6-14/h3-9,12H,10-11H2,1-2H3,(H,23,28)(H,24,29)/t12-/m1/s1. The van der Waals surface area contributed by atoms with Crippen molar-refractivity contribution in [2.45, 2.75) is 23.8 Å². The van der Waals surface area contributed by atoms with Crippen LogP contribution in [0.25, 0.3) is 0 Å². The van der Waals surface area contributed by atoms with Crippen LogP contribution in [0.15, 0.2) is 47.6 Å². The highest BCUT2D eigenvalue weighted by Crippen LogP contribution is 2.34. The average Bonchev–Trinajstić information content (AvgIpc) is 3.37. The predicted molar refractivity (Wildman–Crippen MR) is 116 cm³/mol. The lowest BCUT2D eigenvalue weighted by molar-refractivity contribution is -0.116. The van der Waals surface area contributed by atoms with E-state index in [1.165, 1.54) is 36.0 Å². The number of fused-ring (bicyclic) bond motifs is 1. The molecular weight excluding hydrogens is 437 g/mol. The minimum Gasteiger partial charge on any atom is -0.454 e. The number of benzene rings is 2. The van der Waals surface area contributed by atoms with Crippen molar-refractivity contribution in [1.29, 1.82) is 0 Å². The Labute approximate surface area is 187 Å². The molecule has 4 rings (SSSR count). The summed E-state index contributed by atoms with van der Waals surface area (Å²) in [6.45, 7) is 1.91. The summed E-state index contributed by atoms with van der Waals surface area (Å²) in [6, 6.07) is 10.7. The van der Waals surface area contributed by atoms with Crippen LogP contribution in [-0.2, 0) is 23.1 Å². The lowest BCUT2D eigenvalue weighted by Gasteiger charge is -2.12. The molecule has 3 aromatic rings. The number of nitrogens with one attached hydrogen (secondary N) is 2. The van der Waals surface area contributed by atoms with Crippen LogP contribution in [0.5, 0.6) is 11.5 Å². The van der Waals surface area contributed by atoms with Crippen LogP contribution in [0, 0.1) is 5.82 Å². The third kappa shape index (κ3) is 4.99. The van der Waals surface area contributed by atoms with Crippen molar-refractivity contribution in [2.24, 2.45) is 7.05 Å². The molecule has 0 radical (unpaired) electrons. The first kappa shape index (κ1) is 21.6. The molecule has 0 saturated heterocycles. The number of carbonyl (C=O) groups is 2. The van der Waals surface area contributed by atoms with Gasteiger partial charge in [0, 0.05) is 24.5 Å². The smallest absolute Gasteiger partial charge is 0.237 e. The van der Waals surface area contributed by atoms with Crippen LogP contribution in [-0.4, -0.2) is 38.6 Å². The largest absolute Gasteiger partial charge is 0.454 e. The van der Waals surface area contributed by atoms with Gasteiger partial charge >= 0.3 is 0 Å². The quantitative estimate of drug-likeness (QED) is 0.525. The Morgan fingerprint density at radius 1 is 1.09 bits per heavy atom. The Hall–Kier alpha value is -3.60. The van der Waals surface area contributed by atoms with E-state index in [9.17, 15) is 14.0 Å². The van der Waals surface area contributed by atoms with E-state index >= 15 is 0 Å². The molecule has 0 fully saturated rings. The van der Waals surface area contributed by atoms with Crippen LogP contribution < -0.4 is 20.1 Å². The van der Waals surface area contributed by atoms with Crippen molar-refractivity contribution < 1.29 is 23.5 Å². The maximum atomic E-state index is 13.0. The number of thioether (sulfide) groups is 1. The van der Waals surface area contributed by atoms with Crippen molar-refractivity contribution in [3.8, 4) is 11.5 Å². The Morgan fingerprint density at radius 3 is 2.59 bits per heavy atom. The van der Waals surface area contributed by atoms with Gasteiger partial charge in [-0.15, -0.1) is 10.2 Å². The van der Waals surface area contributed by atoms with Gasteiger partial charge in [0.05, 0.1) is 11.7 Å². The summed E-state index contributed by atoms with van der Waals surface area (Å²) in [4.78, 5) is 24.9. The number of hydrogen-bond acceptors (Lipinski definition) is 7. The molecule has 32 heavy (non-hydrogen) atoms. The highest BCUT2D eigenvalue weighted by molar-refractivity contribution is 8.00. The molecule has 0 unspecified atom stereocenters. The van der Waals surface area contributed by atoms with Gasteiger partial charge in [-0.3, -0.25) is 9.59 Å². The molecule has 9 nitrogen and oxygen atoms in total. The number of halogens is 1. The van der Waals surface area contributed by atoms with Crippen molar-refractivity contribution in [2.75, 3.05) is 17.4 Å². The van der Waals surface area contributed by atoms with E-state index in [0.29, 0.717) is 33.9 Å². The van der Waals surface area contributed by atoms with E-state index in [2.05, 4.69) is 20.8 Å². The van der Waals surface area contributed by atoms with Crippen LogP contribution in [0.1, 0.15) is 12.7 Å². The molecule has 0 bridgehead atoms. The molecule has 2 heterocycles. The van der Waals surface area contributed by atoms with E-state index in [0.717, 1.165) is 0 Å². The number of rotatable bonds is 7. The van der Waals surface area contributed by atoms with Gasteiger partial charge in [0.15, 0.2) is 16.7 Å². The van der Waals surface area contributed by atoms with Crippen LogP contribution in [0.4, 0.5) is 15.8 Å². The van der Waals surface area contributed by atoms with Gasteiger partial charge in [-0.05, 0) is 43.3 Å². The Morgan fingerprint density at radius 2 is 1.81 bits per heavy atom. The minimum atomic E-state index is -0.468. The maximum absolute atomic E-state index is 13.0. The second-order valence-electron chi connectivity index (χ2n) is 7.01. The van der Waals surface area contributed by atoms with Crippen molar-refractivity contribution in [3.05, 3.63) is 54.1 Å². The van der Waals surface area contributed by atoms with Crippen molar-refractivity contribution in [3.63, 3.8) is 0 Å². The lowest BCUT2D eigenvalue weighted by atomic mass is 10.2. The number of ether oxygens (including phenoxy) is 2. The number of amides is 2. The second-order valence-corrected chi connectivity index (χ2v) is 8.31. The van der Waals surface area contributed by atoms with Crippen LogP contribution in [0.2, 0.25) is 0 Å². The van der Waals surface area contributed by atoms with Crippen LogP contribution in [0.3, 0.4) is 0 Å². The highest BCUT2D eigenvalue weighted by atomic mass is 32.2. The second kappa shape index (κ2) is 9.27. The highest BCUT2D eigenvalue weighted by Gasteiger charge is 2.21. The fourth-order valence-electron chi connectivity index (χ4n) is 2.91. The van der Waals surface area contributed by atoms with Crippen LogP contribution >= 0.6 is 11.8 Å². The van der Waals surface area contributed by atoms with Gasteiger partial charge in [-0.25, -0.2) is 4.39 Å². The first-order valence-electron chi connectivity index (χ1n) is 9.70. The molecule has 0 spiro atoms. The van der Waals surface area contributed by atoms with E-state index in [1.54, 1.807) is 36.7 Å². The summed E-state index contributed by atoms with van der Waals surface area (Å²) in [5.74, 6) is 0.760. The fraction of sp³-hybridized carbons (Fsp3) is 0.238. The summed E-state index contributed by atoms with van der Waals surface area (Å²) >= 11 is 1.22. The normalized spacial score (nSPS) is 13.0. The molecule has 166 valence electrons. The summed E-state index contributed by atoms with van der Waals surface area (Å²) in [7, 11) is 1.73. The molecule has 1 aromatic heterocycles. The number of carbonyl (C=O) groups excluding carboxylic acids is 2. The Kier molecular flexibility index (Phi) is 6.26. The maximum Gasteiger partial charge on any atom is 0.237 e. The molecule has 2 N–H and O–H groups in total. The summed E-state index contributed by atoms with van der Waals surface area (Å²) in [6.07, 6.45) is -0.0147. The zero-order chi connectivity index (χ0) is 22.7. The van der Waals surface area contributed by atoms with E-state index in [1.807, 2.05) is 0 Å². The molecule has 1 aliphatic rings. The third-order valence-corrected chi connectivity index (χ3v) is 5.80. The van der Waals surface area contributed by atoms with Crippen molar-refractivity contribution in [1.82, 2.24) is 14.8 Å². The predicted octanol–water partition coefficient (Wildman–Crippen LogP) is 2.98. The Balaban J connectivity index is 1.33. The number of aromatic nitrogens is 3. The molecular formula is C21H20FN5O4S. The number of hydrogen-bond donors (Lipinski definition) is 2. The number of anilines is 2. The van der Waals surface area contributed by atoms with E-state index < -0.39 is 5.25 Å². The molecule has 11 heteroatoms. The van der Waals surface area contributed by atoms with Gasteiger partial charge in [0.1, 0.15) is 11.6 Å².